The van der Waals surface area contributed by atoms with Gasteiger partial charge in [0.2, 0.25) is 0 Å². The molecule has 0 aromatic carbocycles. The molecule has 2 rings (SSSR count). The van der Waals surface area contributed by atoms with Gasteiger partial charge in [0.15, 0.2) is 5.13 Å². The van der Waals surface area contributed by atoms with E-state index in [9.17, 15) is 0 Å². The molecule has 0 aliphatic heterocycles. The molecule has 0 saturated heterocycles. The highest BCUT2D eigenvalue weighted by atomic mass is 32.1. The number of nitrogens with zero attached hydrogens (tertiary/aromatic N) is 3. The summed E-state index contributed by atoms with van der Waals surface area (Å²) in [5.41, 5.74) is 9.09. The molecule has 0 unspecified atom stereocenters. The second-order valence-electron chi connectivity index (χ2n) is 6.35. The summed E-state index contributed by atoms with van der Waals surface area (Å²) in [6, 6.07) is 6.10. The summed E-state index contributed by atoms with van der Waals surface area (Å²) >= 11 is 1.68. The van der Waals surface area contributed by atoms with E-state index in [1.807, 2.05) is 25.1 Å². The van der Waals surface area contributed by atoms with Crippen LogP contribution in [0.5, 0.6) is 0 Å². The lowest BCUT2D eigenvalue weighted by Crippen LogP contribution is -2.19. The largest absolute Gasteiger partial charge is 0.345 e. The normalized spacial score (nSPS) is 11.7. The predicted molar refractivity (Wildman–Crippen MR) is 89.8 cm³/mol. The van der Waals surface area contributed by atoms with Crippen LogP contribution in [0.15, 0.2) is 18.2 Å². The van der Waals surface area contributed by atoms with Gasteiger partial charge in [-0.15, -0.1) is 11.3 Å². The van der Waals surface area contributed by atoms with Crippen LogP contribution in [-0.2, 0) is 18.5 Å². The molecule has 4 nitrogen and oxygen atoms in total. The summed E-state index contributed by atoms with van der Waals surface area (Å²) < 4.78 is 0. The summed E-state index contributed by atoms with van der Waals surface area (Å²) in [6.45, 7) is 9.83. The molecule has 5 heteroatoms. The van der Waals surface area contributed by atoms with Crippen molar-refractivity contribution in [2.75, 3.05) is 11.9 Å². The Morgan fingerprint density at radius 1 is 1.24 bits per heavy atom. The summed E-state index contributed by atoms with van der Waals surface area (Å²) in [5.74, 6) is 0. The number of hydrogen-bond donors (Lipinski definition) is 1. The molecule has 2 aromatic heterocycles. The van der Waals surface area contributed by atoms with E-state index in [0.717, 1.165) is 28.8 Å². The molecule has 0 bridgehead atoms. The van der Waals surface area contributed by atoms with E-state index in [-0.39, 0.29) is 5.41 Å². The van der Waals surface area contributed by atoms with Crippen molar-refractivity contribution in [3.8, 4) is 0 Å². The van der Waals surface area contributed by atoms with Crippen molar-refractivity contribution >= 4 is 16.5 Å². The molecule has 114 valence electrons. The second kappa shape index (κ2) is 6.12. The van der Waals surface area contributed by atoms with Crippen LogP contribution < -0.4 is 10.6 Å². The third kappa shape index (κ3) is 3.80. The van der Waals surface area contributed by atoms with Gasteiger partial charge in [0.25, 0.3) is 0 Å². The van der Waals surface area contributed by atoms with Crippen LogP contribution in [0, 0.1) is 6.92 Å². The van der Waals surface area contributed by atoms with Crippen molar-refractivity contribution in [1.82, 2.24) is 9.97 Å². The van der Waals surface area contributed by atoms with Crippen molar-refractivity contribution in [2.45, 2.75) is 46.2 Å². The number of rotatable bonds is 4. The van der Waals surface area contributed by atoms with E-state index in [2.05, 4.69) is 37.7 Å². The van der Waals surface area contributed by atoms with Gasteiger partial charge in [-0.05, 0) is 19.1 Å². The molecule has 0 amide bonds. The van der Waals surface area contributed by atoms with Crippen molar-refractivity contribution in [1.29, 1.82) is 0 Å². The molecular formula is C16H24N4S. The van der Waals surface area contributed by atoms with Crippen molar-refractivity contribution < 1.29 is 0 Å². The van der Waals surface area contributed by atoms with Gasteiger partial charge in [0, 0.05) is 29.6 Å². The lowest BCUT2D eigenvalue weighted by atomic mass is 9.91. The van der Waals surface area contributed by atoms with Gasteiger partial charge in [-0.3, -0.25) is 4.98 Å². The summed E-state index contributed by atoms with van der Waals surface area (Å²) in [5, 5.41) is 1.00. The SMILES string of the molecule is Cc1cccc(CN(C)c2nc(C(C)(C)C)c(CN)s2)n1. The second-order valence-corrected chi connectivity index (χ2v) is 7.41. The van der Waals surface area contributed by atoms with Crippen molar-refractivity contribution in [3.05, 3.63) is 40.2 Å². The van der Waals surface area contributed by atoms with Gasteiger partial charge < -0.3 is 10.6 Å². The first-order chi connectivity index (χ1) is 9.81. The Balaban J connectivity index is 2.23. The number of aromatic nitrogens is 2. The van der Waals surface area contributed by atoms with E-state index < -0.39 is 0 Å². The van der Waals surface area contributed by atoms with Gasteiger partial charge in [-0.1, -0.05) is 26.8 Å². The third-order valence-electron chi connectivity index (χ3n) is 3.25. The number of anilines is 1. The average molecular weight is 304 g/mol. The minimum atomic E-state index is 0.0197. The number of pyridine rings is 1. The summed E-state index contributed by atoms with van der Waals surface area (Å²) in [7, 11) is 2.05. The fourth-order valence-corrected chi connectivity index (χ4v) is 3.33. The molecule has 0 saturated carbocycles. The first-order valence-corrected chi connectivity index (χ1v) is 7.97. The van der Waals surface area contributed by atoms with E-state index >= 15 is 0 Å². The van der Waals surface area contributed by atoms with Gasteiger partial charge >= 0.3 is 0 Å². The van der Waals surface area contributed by atoms with E-state index in [1.165, 1.54) is 4.88 Å². The molecule has 2 N–H and O–H groups in total. The fourth-order valence-electron chi connectivity index (χ4n) is 2.23. The number of aryl methyl sites for hydroxylation is 1. The zero-order chi connectivity index (χ0) is 15.6. The Bertz CT molecular complexity index is 613. The Hall–Kier alpha value is -1.46. The smallest absolute Gasteiger partial charge is 0.185 e. The van der Waals surface area contributed by atoms with Gasteiger partial charge in [-0.2, -0.15) is 0 Å². The Kier molecular flexibility index (Phi) is 4.64. The highest BCUT2D eigenvalue weighted by Crippen LogP contribution is 2.33. The van der Waals surface area contributed by atoms with Crippen molar-refractivity contribution in [3.63, 3.8) is 0 Å². The lowest BCUT2D eigenvalue weighted by Gasteiger charge is -2.18. The number of thiazole rings is 1. The van der Waals surface area contributed by atoms with Crippen LogP contribution >= 0.6 is 11.3 Å². The zero-order valence-corrected chi connectivity index (χ0v) is 14.3. The Labute approximate surface area is 131 Å². The first-order valence-electron chi connectivity index (χ1n) is 7.15. The maximum atomic E-state index is 5.87. The number of hydrogen-bond acceptors (Lipinski definition) is 5. The Morgan fingerprint density at radius 2 is 1.95 bits per heavy atom. The monoisotopic (exact) mass is 304 g/mol. The summed E-state index contributed by atoms with van der Waals surface area (Å²) in [4.78, 5) is 12.7. The quantitative estimate of drug-likeness (QED) is 0.942. The highest BCUT2D eigenvalue weighted by molar-refractivity contribution is 7.15. The van der Waals surface area contributed by atoms with Crippen LogP contribution in [0.1, 0.15) is 42.7 Å². The number of nitrogens with two attached hydrogens (primary N) is 1. The average Bonchev–Trinajstić information content (AvgIpc) is 2.82. The van der Waals surface area contributed by atoms with Crippen LogP contribution in [0.25, 0.3) is 0 Å². The van der Waals surface area contributed by atoms with Crippen LogP contribution in [0.4, 0.5) is 5.13 Å². The molecule has 0 aliphatic carbocycles. The van der Waals surface area contributed by atoms with Gasteiger partial charge in [0.1, 0.15) is 0 Å². The minimum Gasteiger partial charge on any atom is -0.345 e. The third-order valence-corrected chi connectivity index (χ3v) is 4.45. The Morgan fingerprint density at radius 3 is 2.48 bits per heavy atom. The maximum absolute atomic E-state index is 5.87. The molecular weight excluding hydrogens is 280 g/mol. The minimum absolute atomic E-state index is 0.0197. The maximum Gasteiger partial charge on any atom is 0.185 e. The van der Waals surface area contributed by atoms with E-state index in [0.29, 0.717) is 6.54 Å². The molecule has 0 atom stereocenters. The molecule has 0 fully saturated rings. The molecule has 0 spiro atoms. The lowest BCUT2D eigenvalue weighted by molar-refractivity contribution is 0.566. The molecule has 2 heterocycles. The molecule has 2 aromatic rings. The first kappa shape index (κ1) is 15.9. The van der Waals surface area contributed by atoms with Crippen LogP contribution in [-0.4, -0.2) is 17.0 Å². The van der Waals surface area contributed by atoms with Crippen LogP contribution in [0.3, 0.4) is 0 Å². The molecule has 0 aliphatic rings. The standard InChI is InChI=1S/C16H24N4S/c1-11-7-6-8-12(18-11)10-20(5)15-19-14(16(2,3)4)13(9-17)21-15/h6-8H,9-10,17H2,1-5H3. The summed E-state index contributed by atoms with van der Waals surface area (Å²) in [6.07, 6.45) is 0. The predicted octanol–water partition coefficient (Wildman–Crippen LogP) is 3.24. The van der Waals surface area contributed by atoms with E-state index in [1.54, 1.807) is 11.3 Å². The molecule has 0 radical (unpaired) electrons. The molecule has 21 heavy (non-hydrogen) atoms. The fraction of sp³-hybridized carbons (Fsp3) is 0.500. The topological polar surface area (TPSA) is 55.0 Å². The van der Waals surface area contributed by atoms with Crippen molar-refractivity contribution in [2.24, 2.45) is 5.73 Å². The highest BCUT2D eigenvalue weighted by Gasteiger charge is 2.23. The van der Waals surface area contributed by atoms with Gasteiger partial charge in [0.05, 0.1) is 17.9 Å². The van der Waals surface area contributed by atoms with E-state index in [4.69, 9.17) is 10.7 Å². The van der Waals surface area contributed by atoms with Gasteiger partial charge in [-0.25, -0.2) is 4.98 Å². The zero-order valence-electron chi connectivity index (χ0n) is 13.5. The van der Waals surface area contributed by atoms with Crippen LogP contribution in [0.2, 0.25) is 0 Å².